The van der Waals surface area contributed by atoms with Gasteiger partial charge in [-0.3, -0.25) is 9.88 Å². The minimum Gasteiger partial charge on any atom is -0.381 e. The molecule has 1 fully saturated rings. The molecule has 140 valence electrons. The van der Waals surface area contributed by atoms with Crippen molar-refractivity contribution in [2.45, 2.75) is 45.5 Å². The molecule has 2 aliphatic heterocycles. The number of imidazole rings is 1. The lowest BCUT2D eigenvalue weighted by atomic mass is 10.0. The Balaban J connectivity index is 1.34. The van der Waals surface area contributed by atoms with Gasteiger partial charge in [0.05, 0.1) is 31.1 Å². The van der Waals surface area contributed by atoms with Gasteiger partial charge in [0.15, 0.2) is 0 Å². The van der Waals surface area contributed by atoms with E-state index in [1.807, 2.05) is 24.7 Å². The normalized spacial score (nSPS) is 21.7. The highest BCUT2D eigenvalue weighted by Gasteiger charge is 2.27. The first kappa shape index (κ1) is 17.6. The largest absolute Gasteiger partial charge is 0.381 e. The van der Waals surface area contributed by atoms with Crippen molar-refractivity contribution in [3.63, 3.8) is 0 Å². The van der Waals surface area contributed by atoms with Crippen LogP contribution < -0.4 is 0 Å². The zero-order valence-electron chi connectivity index (χ0n) is 15.5. The molecule has 1 unspecified atom stereocenters. The summed E-state index contributed by atoms with van der Waals surface area (Å²) >= 11 is 0. The number of nitrogens with zero attached hydrogens (tertiary/aromatic N) is 4. The summed E-state index contributed by atoms with van der Waals surface area (Å²) in [7, 11) is 0. The van der Waals surface area contributed by atoms with E-state index in [1.165, 1.54) is 11.3 Å². The molecule has 4 heterocycles. The van der Waals surface area contributed by atoms with Gasteiger partial charge in [-0.1, -0.05) is 6.07 Å². The van der Waals surface area contributed by atoms with E-state index in [1.54, 1.807) is 0 Å². The summed E-state index contributed by atoms with van der Waals surface area (Å²) < 4.78 is 13.8. The number of ether oxygens (including phenoxy) is 2. The van der Waals surface area contributed by atoms with E-state index < -0.39 is 0 Å². The standard InChI is InChI=1S/C20H28N4O2/c1-16-20-22-12-19(15-26-14-17-4-9-25-10-5-17)24(20)8-7-23(16)13-18-3-2-6-21-11-18/h2-3,6,11-12,16-17H,4-5,7-10,13-15H2,1H3. The summed E-state index contributed by atoms with van der Waals surface area (Å²) in [6.07, 6.45) is 7.99. The highest BCUT2D eigenvalue weighted by atomic mass is 16.5. The zero-order valence-corrected chi connectivity index (χ0v) is 15.5. The van der Waals surface area contributed by atoms with E-state index in [0.717, 1.165) is 58.1 Å². The highest BCUT2D eigenvalue weighted by molar-refractivity contribution is 5.13. The van der Waals surface area contributed by atoms with Crippen molar-refractivity contribution in [3.05, 3.63) is 47.8 Å². The Morgan fingerprint density at radius 3 is 2.92 bits per heavy atom. The molecule has 0 aromatic carbocycles. The second-order valence-corrected chi connectivity index (χ2v) is 7.34. The predicted octanol–water partition coefficient (Wildman–Crippen LogP) is 2.80. The molecule has 1 saturated heterocycles. The second kappa shape index (κ2) is 8.29. The van der Waals surface area contributed by atoms with E-state index in [2.05, 4.69) is 27.4 Å². The Kier molecular flexibility index (Phi) is 5.62. The second-order valence-electron chi connectivity index (χ2n) is 7.34. The SMILES string of the molecule is CC1c2ncc(COCC3CCOCC3)n2CCN1Cc1cccnc1. The molecule has 0 bridgehead atoms. The van der Waals surface area contributed by atoms with Gasteiger partial charge < -0.3 is 14.0 Å². The van der Waals surface area contributed by atoms with E-state index in [9.17, 15) is 0 Å². The smallest absolute Gasteiger partial charge is 0.126 e. The number of fused-ring (bicyclic) bond motifs is 1. The number of hydrogen-bond acceptors (Lipinski definition) is 5. The van der Waals surface area contributed by atoms with Crippen molar-refractivity contribution in [1.29, 1.82) is 0 Å². The molecule has 4 rings (SSSR count). The van der Waals surface area contributed by atoms with Gasteiger partial charge in [-0.25, -0.2) is 4.98 Å². The summed E-state index contributed by atoms with van der Waals surface area (Å²) in [6.45, 7) is 8.37. The third-order valence-corrected chi connectivity index (χ3v) is 5.55. The molecular weight excluding hydrogens is 328 g/mol. The molecule has 2 aromatic rings. The van der Waals surface area contributed by atoms with E-state index in [4.69, 9.17) is 14.5 Å². The van der Waals surface area contributed by atoms with Crippen LogP contribution >= 0.6 is 0 Å². The van der Waals surface area contributed by atoms with Crippen molar-refractivity contribution in [3.8, 4) is 0 Å². The van der Waals surface area contributed by atoms with Crippen molar-refractivity contribution < 1.29 is 9.47 Å². The summed E-state index contributed by atoms with van der Waals surface area (Å²) in [5.74, 6) is 1.78. The first-order valence-corrected chi connectivity index (χ1v) is 9.64. The fourth-order valence-corrected chi connectivity index (χ4v) is 3.90. The molecule has 1 atom stereocenters. The van der Waals surface area contributed by atoms with Crippen molar-refractivity contribution in [2.24, 2.45) is 5.92 Å². The average Bonchev–Trinajstić information content (AvgIpc) is 3.10. The molecule has 2 aliphatic rings. The van der Waals surface area contributed by atoms with Crippen LogP contribution in [-0.4, -0.2) is 45.8 Å². The van der Waals surface area contributed by atoms with Gasteiger partial charge in [-0.15, -0.1) is 0 Å². The van der Waals surface area contributed by atoms with Crippen LogP contribution in [0.25, 0.3) is 0 Å². The van der Waals surface area contributed by atoms with Crippen LogP contribution in [0.3, 0.4) is 0 Å². The fourth-order valence-electron chi connectivity index (χ4n) is 3.90. The Labute approximate surface area is 155 Å². The van der Waals surface area contributed by atoms with Crippen LogP contribution in [0.2, 0.25) is 0 Å². The molecule has 0 amide bonds. The summed E-state index contributed by atoms with van der Waals surface area (Å²) in [4.78, 5) is 11.4. The van der Waals surface area contributed by atoms with Gasteiger partial charge in [0.1, 0.15) is 5.82 Å². The Bertz CT molecular complexity index is 697. The van der Waals surface area contributed by atoms with Gasteiger partial charge in [0.2, 0.25) is 0 Å². The van der Waals surface area contributed by atoms with Gasteiger partial charge in [0.25, 0.3) is 0 Å². The van der Waals surface area contributed by atoms with Crippen LogP contribution in [0.1, 0.15) is 42.9 Å². The third-order valence-electron chi connectivity index (χ3n) is 5.55. The monoisotopic (exact) mass is 356 g/mol. The molecule has 6 heteroatoms. The van der Waals surface area contributed by atoms with Crippen LogP contribution in [0.4, 0.5) is 0 Å². The van der Waals surface area contributed by atoms with E-state index in [0.29, 0.717) is 18.6 Å². The summed E-state index contributed by atoms with van der Waals surface area (Å²) in [6, 6.07) is 4.43. The van der Waals surface area contributed by atoms with Crippen LogP contribution in [0.5, 0.6) is 0 Å². The minimum atomic E-state index is 0.299. The molecule has 0 saturated carbocycles. The maximum Gasteiger partial charge on any atom is 0.126 e. The fraction of sp³-hybridized carbons (Fsp3) is 0.600. The van der Waals surface area contributed by atoms with Crippen LogP contribution in [0, 0.1) is 5.92 Å². The van der Waals surface area contributed by atoms with Crippen LogP contribution in [-0.2, 0) is 29.2 Å². The summed E-state index contributed by atoms with van der Waals surface area (Å²) in [5.41, 5.74) is 2.44. The molecule has 0 N–H and O–H groups in total. The molecule has 0 radical (unpaired) electrons. The lowest BCUT2D eigenvalue weighted by molar-refractivity contribution is 0.0139. The molecule has 2 aromatic heterocycles. The minimum absolute atomic E-state index is 0.299. The topological polar surface area (TPSA) is 52.4 Å². The highest BCUT2D eigenvalue weighted by Crippen LogP contribution is 2.27. The Hall–Kier alpha value is -1.76. The van der Waals surface area contributed by atoms with Gasteiger partial charge in [-0.2, -0.15) is 0 Å². The van der Waals surface area contributed by atoms with Crippen LogP contribution in [0.15, 0.2) is 30.7 Å². The predicted molar refractivity (Wildman–Crippen MR) is 98.5 cm³/mol. The number of pyridine rings is 1. The van der Waals surface area contributed by atoms with Gasteiger partial charge in [0, 0.05) is 45.2 Å². The van der Waals surface area contributed by atoms with Crippen molar-refractivity contribution in [1.82, 2.24) is 19.4 Å². The lowest BCUT2D eigenvalue weighted by Crippen LogP contribution is -2.37. The quantitative estimate of drug-likeness (QED) is 0.797. The molecule has 0 spiro atoms. The number of aromatic nitrogens is 3. The molecule has 26 heavy (non-hydrogen) atoms. The average molecular weight is 356 g/mol. The molecular formula is C20H28N4O2. The zero-order chi connectivity index (χ0) is 17.8. The molecule has 0 aliphatic carbocycles. The van der Waals surface area contributed by atoms with Gasteiger partial charge >= 0.3 is 0 Å². The number of hydrogen-bond donors (Lipinski definition) is 0. The Morgan fingerprint density at radius 2 is 2.12 bits per heavy atom. The lowest BCUT2D eigenvalue weighted by Gasteiger charge is -2.34. The molecule has 6 nitrogen and oxygen atoms in total. The Morgan fingerprint density at radius 1 is 1.23 bits per heavy atom. The number of rotatable bonds is 6. The first-order valence-electron chi connectivity index (χ1n) is 9.64. The van der Waals surface area contributed by atoms with E-state index in [-0.39, 0.29) is 0 Å². The van der Waals surface area contributed by atoms with E-state index >= 15 is 0 Å². The van der Waals surface area contributed by atoms with Crippen molar-refractivity contribution in [2.75, 3.05) is 26.4 Å². The first-order chi connectivity index (χ1) is 12.8. The summed E-state index contributed by atoms with van der Waals surface area (Å²) in [5, 5.41) is 0. The maximum absolute atomic E-state index is 6.00. The van der Waals surface area contributed by atoms with Crippen molar-refractivity contribution >= 4 is 0 Å². The maximum atomic E-state index is 6.00. The van der Waals surface area contributed by atoms with Gasteiger partial charge in [-0.05, 0) is 37.3 Å². The third kappa shape index (κ3) is 3.98.